The van der Waals surface area contributed by atoms with Crippen LogP contribution in [0.3, 0.4) is 0 Å². The van der Waals surface area contributed by atoms with Gasteiger partial charge in [0.2, 0.25) is 5.91 Å². The highest BCUT2D eigenvalue weighted by Gasteiger charge is 2.28. The van der Waals surface area contributed by atoms with Gasteiger partial charge in [0.15, 0.2) is 0 Å². The second-order valence-corrected chi connectivity index (χ2v) is 5.38. The van der Waals surface area contributed by atoms with Crippen LogP contribution in [0.15, 0.2) is 12.1 Å². The molecular weight excluding hydrogens is 321 g/mol. The summed E-state index contributed by atoms with van der Waals surface area (Å²) in [6.07, 6.45) is 0. The first-order valence-electron chi connectivity index (χ1n) is 5.98. The van der Waals surface area contributed by atoms with E-state index in [9.17, 15) is 19.7 Å². The Morgan fingerprint density at radius 3 is 2.57 bits per heavy atom. The summed E-state index contributed by atoms with van der Waals surface area (Å²) in [4.78, 5) is 37.0. The summed E-state index contributed by atoms with van der Waals surface area (Å²) in [6, 6.07) is 2.33. The summed E-state index contributed by atoms with van der Waals surface area (Å²) in [5, 5.41) is 10.6. The Bertz CT molecular complexity index is 635. The number of likely N-dealkylation sites (N-methyl/N-ethyl adjacent to an activating group) is 1. The molecule has 1 aliphatic rings. The molecular formula is C12H11Cl2N3O4. The van der Waals surface area contributed by atoms with Crippen LogP contribution in [0.25, 0.3) is 0 Å². The minimum absolute atomic E-state index is 0.0356. The third kappa shape index (κ3) is 3.08. The first-order valence-corrected chi connectivity index (χ1v) is 6.73. The fraction of sp³-hybridized carbons (Fsp3) is 0.333. The van der Waals surface area contributed by atoms with Gasteiger partial charge in [0.25, 0.3) is 11.6 Å². The number of nitro groups is 1. The van der Waals surface area contributed by atoms with Crippen molar-refractivity contribution in [3.8, 4) is 0 Å². The number of hydrogen-bond acceptors (Lipinski definition) is 4. The molecule has 0 bridgehead atoms. The Labute approximate surface area is 130 Å². The molecule has 1 aromatic carbocycles. The molecule has 0 aliphatic carbocycles. The molecule has 1 aliphatic heterocycles. The number of hydrogen-bond donors (Lipinski definition) is 0. The number of carbonyl (C=O) groups is 2. The van der Waals surface area contributed by atoms with E-state index >= 15 is 0 Å². The number of nitro benzene ring substituents is 1. The van der Waals surface area contributed by atoms with Crippen LogP contribution in [-0.2, 0) is 4.79 Å². The maximum Gasteiger partial charge on any atom is 0.290 e. The fourth-order valence-corrected chi connectivity index (χ4v) is 2.34. The predicted molar refractivity (Wildman–Crippen MR) is 76.7 cm³/mol. The molecule has 0 atom stereocenters. The lowest BCUT2D eigenvalue weighted by Gasteiger charge is -2.32. The van der Waals surface area contributed by atoms with E-state index < -0.39 is 16.5 Å². The van der Waals surface area contributed by atoms with Crippen molar-refractivity contribution in [3.63, 3.8) is 0 Å². The van der Waals surface area contributed by atoms with Crippen molar-refractivity contribution in [2.24, 2.45) is 0 Å². The standard InChI is InChI=1S/C12H11Cl2N3O4/c1-15-2-3-16(6-10(15)18)12(19)7-4-8(13)11(14)9(5-7)17(20)21/h4-5H,2-3,6H2,1H3. The molecule has 2 amide bonds. The monoisotopic (exact) mass is 331 g/mol. The molecule has 1 heterocycles. The van der Waals surface area contributed by atoms with Gasteiger partial charge in [-0.3, -0.25) is 19.7 Å². The van der Waals surface area contributed by atoms with E-state index in [4.69, 9.17) is 23.2 Å². The van der Waals surface area contributed by atoms with Crippen molar-refractivity contribution >= 4 is 40.7 Å². The molecule has 0 spiro atoms. The molecule has 1 fully saturated rings. The van der Waals surface area contributed by atoms with Crippen molar-refractivity contribution in [2.45, 2.75) is 0 Å². The molecule has 0 unspecified atom stereocenters. The molecule has 1 aromatic rings. The molecule has 21 heavy (non-hydrogen) atoms. The molecule has 7 nitrogen and oxygen atoms in total. The summed E-state index contributed by atoms with van der Waals surface area (Å²) >= 11 is 11.5. The van der Waals surface area contributed by atoms with E-state index in [0.717, 1.165) is 6.07 Å². The Morgan fingerprint density at radius 2 is 2.00 bits per heavy atom. The lowest BCUT2D eigenvalue weighted by molar-refractivity contribution is -0.384. The second kappa shape index (κ2) is 5.87. The smallest absolute Gasteiger partial charge is 0.290 e. The zero-order valence-electron chi connectivity index (χ0n) is 11.0. The summed E-state index contributed by atoms with van der Waals surface area (Å²) in [5.41, 5.74) is -0.401. The number of piperazine rings is 1. The van der Waals surface area contributed by atoms with E-state index in [-0.39, 0.29) is 28.1 Å². The van der Waals surface area contributed by atoms with Crippen molar-refractivity contribution in [1.82, 2.24) is 9.80 Å². The number of amides is 2. The van der Waals surface area contributed by atoms with Crippen molar-refractivity contribution in [3.05, 3.63) is 37.9 Å². The van der Waals surface area contributed by atoms with Gasteiger partial charge in [-0.1, -0.05) is 23.2 Å². The first-order chi connectivity index (χ1) is 9.81. The van der Waals surface area contributed by atoms with Gasteiger partial charge in [-0.25, -0.2) is 0 Å². The average Bonchev–Trinajstić information content (AvgIpc) is 2.43. The van der Waals surface area contributed by atoms with E-state index in [2.05, 4.69) is 0 Å². The lowest BCUT2D eigenvalue weighted by atomic mass is 10.1. The summed E-state index contributed by atoms with van der Waals surface area (Å²) in [5.74, 6) is -0.678. The number of carbonyl (C=O) groups excluding carboxylic acids is 2. The molecule has 112 valence electrons. The Kier molecular flexibility index (Phi) is 4.34. The van der Waals surface area contributed by atoms with Gasteiger partial charge in [-0.05, 0) is 6.07 Å². The van der Waals surface area contributed by atoms with Gasteiger partial charge in [-0.15, -0.1) is 0 Å². The van der Waals surface area contributed by atoms with Crippen LogP contribution in [-0.4, -0.2) is 53.2 Å². The first kappa shape index (κ1) is 15.5. The quantitative estimate of drug-likeness (QED) is 0.611. The van der Waals surface area contributed by atoms with E-state index in [0.29, 0.717) is 13.1 Å². The molecule has 0 saturated carbocycles. The molecule has 0 aromatic heterocycles. The summed E-state index contributed by atoms with van der Waals surface area (Å²) < 4.78 is 0. The van der Waals surface area contributed by atoms with Gasteiger partial charge in [0, 0.05) is 31.8 Å². The van der Waals surface area contributed by atoms with Gasteiger partial charge in [0.05, 0.1) is 9.95 Å². The zero-order valence-corrected chi connectivity index (χ0v) is 12.5. The maximum absolute atomic E-state index is 12.3. The number of rotatable bonds is 2. The third-order valence-electron chi connectivity index (χ3n) is 3.20. The summed E-state index contributed by atoms with van der Waals surface area (Å²) in [6.45, 7) is 0.701. The third-order valence-corrected chi connectivity index (χ3v) is 3.99. The van der Waals surface area contributed by atoms with Crippen molar-refractivity contribution in [1.29, 1.82) is 0 Å². The summed E-state index contributed by atoms with van der Waals surface area (Å²) in [7, 11) is 1.65. The normalized spacial score (nSPS) is 15.3. The average molecular weight is 332 g/mol. The van der Waals surface area contributed by atoms with Crippen LogP contribution >= 0.6 is 23.2 Å². The van der Waals surface area contributed by atoms with E-state index in [1.54, 1.807) is 7.05 Å². The van der Waals surface area contributed by atoms with Crippen LogP contribution < -0.4 is 0 Å². The SMILES string of the molecule is CN1CCN(C(=O)c2cc(Cl)c(Cl)c([N+](=O)[O-])c2)CC1=O. The van der Waals surface area contributed by atoms with Crippen molar-refractivity contribution < 1.29 is 14.5 Å². The predicted octanol–water partition coefficient (Wildman–Crippen LogP) is 1.82. The second-order valence-electron chi connectivity index (χ2n) is 4.59. The lowest BCUT2D eigenvalue weighted by Crippen LogP contribution is -2.50. The molecule has 2 rings (SSSR count). The minimum Gasteiger partial charge on any atom is -0.342 e. The van der Waals surface area contributed by atoms with Gasteiger partial charge < -0.3 is 9.80 Å². The highest BCUT2D eigenvalue weighted by Crippen LogP contribution is 2.33. The van der Waals surface area contributed by atoms with E-state index in [1.165, 1.54) is 15.9 Å². The fourth-order valence-electron chi connectivity index (χ4n) is 1.95. The zero-order chi connectivity index (χ0) is 15.7. The maximum atomic E-state index is 12.3. The number of nitrogens with zero attached hydrogens (tertiary/aromatic N) is 3. The van der Waals surface area contributed by atoms with Crippen LogP contribution in [0, 0.1) is 10.1 Å². The minimum atomic E-state index is -0.708. The van der Waals surface area contributed by atoms with Gasteiger partial charge >= 0.3 is 0 Å². The topological polar surface area (TPSA) is 83.8 Å². The van der Waals surface area contributed by atoms with E-state index in [1.807, 2.05) is 0 Å². The largest absolute Gasteiger partial charge is 0.342 e. The van der Waals surface area contributed by atoms with Gasteiger partial charge in [-0.2, -0.15) is 0 Å². The molecule has 0 radical (unpaired) electrons. The molecule has 9 heteroatoms. The number of halogens is 2. The highest BCUT2D eigenvalue weighted by molar-refractivity contribution is 6.43. The van der Waals surface area contributed by atoms with Gasteiger partial charge in [0.1, 0.15) is 11.6 Å². The van der Waals surface area contributed by atoms with Crippen molar-refractivity contribution in [2.75, 3.05) is 26.7 Å². The number of benzene rings is 1. The molecule has 0 N–H and O–H groups in total. The van der Waals surface area contributed by atoms with Crippen LogP contribution in [0.5, 0.6) is 0 Å². The Hall–Kier alpha value is -1.86. The Morgan fingerprint density at radius 1 is 1.33 bits per heavy atom. The Balaban J connectivity index is 2.32. The van der Waals surface area contributed by atoms with Crippen LogP contribution in [0.2, 0.25) is 10.0 Å². The highest BCUT2D eigenvalue weighted by atomic mass is 35.5. The molecule has 1 saturated heterocycles. The van der Waals surface area contributed by atoms with Crippen LogP contribution in [0.1, 0.15) is 10.4 Å². The van der Waals surface area contributed by atoms with Crippen LogP contribution in [0.4, 0.5) is 5.69 Å².